The van der Waals surface area contributed by atoms with Gasteiger partial charge in [-0.3, -0.25) is 9.59 Å². The van der Waals surface area contributed by atoms with Crippen LogP contribution in [0.25, 0.3) is 0 Å². The van der Waals surface area contributed by atoms with Gasteiger partial charge in [-0.15, -0.1) is 0 Å². The van der Waals surface area contributed by atoms with Gasteiger partial charge < -0.3 is 10.6 Å². The number of carbonyl (C=O) groups excluding carboxylic acids is 2. The second-order valence-corrected chi connectivity index (χ2v) is 6.26. The molecule has 0 unspecified atom stereocenters. The van der Waals surface area contributed by atoms with Crippen LogP contribution in [0.15, 0.2) is 66.7 Å². The van der Waals surface area contributed by atoms with Crippen LogP contribution in [0.4, 0.5) is 14.5 Å². The number of benzene rings is 3. The van der Waals surface area contributed by atoms with E-state index in [-0.39, 0.29) is 17.2 Å². The maximum absolute atomic E-state index is 13.6. The molecule has 0 aliphatic heterocycles. The molecule has 0 fully saturated rings. The number of nitrogens with one attached hydrogen (secondary N) is 2. The fraction of sp³-hybridized carbons (Fsp3) is 0.0909. The predicted molar refractivity (Wildman–Crippen MR) is 103 cm³/mol. The molecule has 2 amide bonds. The molecule has 0 saturated heterocycles. The summed E-state index contributed by atoms with van der Waals surface area (Å²) >= 11 is 0. The molecule has 0 spiro atoms. The monoisotopic (exact) mass is 380 g/mol. The Morgan fingerprint density at radius 3 is 2.14 bits per heavy atom. The van der Waals surface area contributed by atoms with Crippen LogP contribution in [0.1, 0.15) is 31.8 Å². The molecular formula is C22H18F2N2O2. The van der Waals surface area contributed by atoms with Crippen molar-refractivity contribution in [2.24, 2.45) is 0 Å². The fourth-order valence-corrected chi connectivity index (χ4v) is 2.64. The molecule has 142 valence electrons. The standard InChI is InChI=1S/C22H18F2N2O2/c1-14-4-2-3-5-17(14)13-25-21(27)15-6-8-16(9-7-15)22(28)26-20-11-10-18(23)12-19(20)24/h2-12H,13H2,1H3,(H,25,27)(H,26,28). The highest BCUT2D eigenvalue weighted by molar-refractivity contribution is 6.05. The SMILES string of the molecule is Cc1ccccc1CNC(=O)c1ccc(C(=O)Nc2ccc(F)cc2F)cc1. The number of hydrogen-bond donors (Lipinski definition) is 2. The van der Waals surface area contributed by atoms with Gasteiger partial charge in [0.05, 0.1) is 5.69 Å². The molecule has 0 heterocycles. The Labute approximate surface area is 161 Å². The Morgan fingerprint density at radius 2 is 1.50 bits per heavy atom. The van der Waals surface area contributed by atoms with E-state index in [4.69, 9.17) is 0 Å². The van der Waals surface area contributed by atoms with E-state index < -0.39 is 17.5 Å². The average Bonchev–Trinajstić information content (AvgIpc) is 2.69. The minimum absolute atomic E-state index is 0.119. The topological polar surface area (TPSA) is 58.2 Å². The smallest absolute Gasteiger partial charge is 0.255 e. The molecule has 0 aliphatic rings. The van der Waals surface area contributed by atoms with Crippen LogP contribution in [-0.2, 0) is 6.54 Å². The lowest BCUT2D eigenvalue weighted by Gasteiger charge is -2.09. The minimum Gasteiger partial charge on any atom is -0.348 e. The third kappa shape index (κ3) is 4.59. The second-order valence-electron chi connectivity index (χ2n) is 6.26. The van der Waals surface area contributed by atoms with Gasteiger partial charge in [0, 0.05) is 23.7 Å². The van der Waals surface area contributed by atoms with Crippen molar-refractivity contribution in [1.29, 1.82) is 0 Å². The molecule has 3 aromatic carbocycles. The van der Waals surface area contributed by atoms with Crippen LogP contribution < -0.4 is 10.6 Å². The Bertz CT molecular complexity index is 1020. The van der Waals surface area contributed by atoms with Gasteiger partial charge in [0.1, 0.15) is 11.6 Å². The van der Waals surface area contributed by atoms with E-state index in [0.29, 0.717) is 18.2 Å². The second kappa shape index (κ2) is 8.43. The summed E-state index contributed by atoms with van der Waals surface area (Å²) in [5.41, 5.74) is 2.64. The zero-order valence-electron chi connectivity index (χ0n) is 15.1. The quantitative estimate of drug-likeness (QED) is 0.687. The summed E-state index contributed by atoms with van der Waals surface area (Å²) in [6.07, 6.45) is 0. The first-order valence-electron chi connectivity index (χ1n) is 8.63. The average molecular weight is 380 g/mol. The summed E-state index contributed by atoms with van der Waals surface area (Å²) in [5, 5.41) is 5.21. The van der Waals surface area contributed by atoms with Gasteiger partial charge in [0.25, 0.3) is 11.8 Å². The molecule has 0 aromatic heterocycles. The fourth-order valence-electron chi connectivity index (χ4n) is 2.64. The molecule has 28 heavy (non-hydrogen) atoms. The van der Waals surface area contributed by atoms with E-state index in [1.165, 1.54) is 24.3 Å². The maximum Gasteiger partial charge on any atom is 0.255 e. The summed E-state index contributed by atoms with van der Waals surface area (Å²) in [6, 6.07) is 16.6. The van der Waals surface area contributed by atoms with Gasteiger partial charge in [-0.25, -0.2) is 8.78 Å². The van der Waals surface area contributed by atoms with Crippen molar-refractivity contribution in [3.05, 3.63) is 101 Å². The number of rotatable bonds is 5. The van der Waals surface area contributed by atoms with E-state index in [0.717, 1.165) is 23.3 Å². The summed E-state index contributed by atoms with van der Waals surface area (Å²) < 4.78 is 26.6. The first kappa shape index (κ1) is 19.2. The van der Waals surface area contributed by atoms with Crippen LogP contribution in [0.2, 0.25) is 0 Å². The number of halogens is 2. The molecule has 3 aromatic rings. The normalized spacial score (nSPS) is 10.4. The van der Waals surface area contributed by atoms with Crippen molar-refractivity contribution in [3.8, 4) is 0 Å². The molecule has 0 radical (unpaired) electrons. The van der Waals surface area contributed by atoms with E-state index in [2.05, 4.69) is 10.6 Å². The molecule has 0 aliphatic carbocycles. The molecule has 0 bridgehead atoms. The molecule has 0 atom stereocenters. The van der Waals surface area contributed by atoms with Gasteiger partial charge in [0.2, 0.25) is 0 Å². The summed E-state index contributed by atoms with van der Waals surface area (Å²) in [6.45, 7) is 2.37. The van der Waals surface area contributed by atoms with Crippen LogP contribution in [-0.4, -0.2) is 11.8 Å². The van der Waals surface area contributed by atoms with Gasteiger partial charge in [-0.05, 0) is 54.4 Å². The Hall–Kier alpha value is -3.54. The molecule has 4 nitrogen and oxygen atoms in total. The molecule has 3 rings (SSSR count). The van der Waals surface area contributed by atoms with Crippen LogP contribution in [0.3, 0.4) is 0 Å². The van der Waals surface area contributed by atoms with Gasteiger partial charge in [0.15, 0.2) is 0 Å². The van der Waals surface area contributed by atoms with Crippen molar-refractivity contribution in [1.82, 2.24) is 5.32 Å². The number of amides is 2. The summed E-state index contributed by atoms with van der Waals surface area (Å²) in [5.74, 6) is -2.41. The van der Waals surface area contributed by atoms with Crippen LogP contribution in [0, 0.1) is 18.6 Å². The first-order valence-corrected chi connectivity index (χ1v) is 8.63. The van der Waals surface area contributed by atoms with Crippen LogP contribution >= 0.6 is 0 Å². The Morgan fingerprint density at radius 1 is 0.857 bits per heavy atom. The van der Waals surface area contributed by atoms with Crippen molar-refractivity contribution in [3.63, 3.8) is 0 Å². The molecule has 2 N–H and O–H groups in total. The lowest BCUT2D eigenvalue weighted by Crippen LogP contribution is -2.23. The zero-order chi connectivity index (χ0) is 20.1. The third-order valence-electron chi connectivity index (χ3n) is 4.29. The van der Waals surface area contributed by atoms with Gasteiger partial charge in [-0.2, -0.15) is 0 Å². The zero-order valence-corrected chi connectivity index (χ0v) is 15.1. The van der Waals surface area contributed by atoms with Crippen molar-refractivity contribution < 1.29 is 18.4 Å². The Kier molecular flexibility index (Phi) is 5.79. The molecular weight excluding hydrogens is 362 g/mol. The first-order chi connectivity index (χ1) is 13.4. The summed E-state index contributed by atoms with van der Waals surface area (Å²) in [7, 11) is 0. The molecule has 6 heteroatoms. The highest BCUT2D eigenvalue weighted by atomic mass is 19.1. The Balaban J connectivity index is 1.63. The highest BCUT2D eigenvalue weighted by Crippen LogP contribution is 2.16. The van der Waals surface area contributed by atoms with Crippen molar-refractivity contribution >= 4 is 17.5 Å². The van der Waals surface area contributed by atoms with E-state index in [1.54, 1.807) is 0 Å². The number of hydrogen-bond acceptors (Lipinski definition) is 2. The third-order valence-corrected chi connectivity index (χ3v) is 4.29. The minimum atomic E-state index is -0.861. The predicted octanol–water partition coefficient (Wildman–Crippen LogP) is 4.46. The summed E-state index contributed by atoms with van der Waals surface area (Å²) in [4.78, 5) is 24.5. The number of anilines is 1. The number of aryl methyl sites for hydroxylation is 1. The van der Waals surface area contributed by atoms with Crippen LogP contribution in [0.5, 0.6) is 0 Å². The van der Waals surface area contributed by atoms with Gasteiger partial charge >= 0.3 is 0 Å². The van der Waals surface area contributed by atoms with E-state index in [9.17, 15) is 18.4 Å². The maximum atomic E-state index is 13.6. The largest absolute Gasteiger partial charge is 0.348 e. The van der Waals surface area contributed by atoms with E-state index >= 15 is 0 Å². The van der Waals surface area contributed by atoms with Crippen molar-refractivity contribution in [2.45, 2.75) is 13.5 Å². The lowest BCUT2D eigenvalue weighted by molar-refractivity contribution is 0.0949. The lowest BCUT2D eigenvalue weighted by atomic mass is 10.1. The van der Waals surface area contributed by atoms with Gasteiger partial charge in [-0.1, -0.05) is 24.3 Å². The van der Waals surface area contributed by atoms with E-state index in [1.807, 2.05) is 31.2 Å². The van der Waals surface area contributed by atoms with Crippen molar-refractivity contribution in [2.75, 3.05) is 5.32 Å². The molecule has 0 saturated carbocycles. The number of carbonyl (C=O) groups is 2. The highest BCUT2D eigenvalue weighted by Gasteiger charge is 2.12.